The average molecular weight is 463 g/mol. The molecule has 0 radical (unpaired) electrons. The van der Waals surface area contributed by atoms with Crippen LogP contribution in [0.1, 0.15) is 11.4 Å². The number of nitrogens with zero attached hydrogens (tertiary/aromatic N) is 4. The molecule has 4 heteroatoms. The van der Waals surface area contributed by atoms with Crippen molar-refractivity contribution < 1.29 is 0 Å². The van der Waals surface area contributed by atoms with Crippen LogP contribution in [0, 0.1) is 13.8 Å². The van der Waals surface area contributed by atoms with Gasteiger partial charge >= 0.3 is 0 Å². The number of fused-ring (bicyclic) bond motifs is 6. The number of hydrogen-bond donors (Lipinski definition) is 0. The van der Waals surface area contributed by atoms with Crippen molar-refractivity contribution in [3.8, 4) is 22.5 Å². The normalized spacial score (nSPS) is 11.6. The highest BCUT2D eigenvalue weighted by Crippen LogP contribution is 2.30. The first-order chi connectivity index (χ1) is 17.6. The Bertz CT molecular complexity index is 1830. The van der Waals surface area contributed by atoms with Crippen LogP contribution in [-0.2, 0) is 0 Å². The fraction of sp³-hybridized carbons (Fsp3) is 0.0625. The maximum absolute atomic E-state index is 5.06. The maximum Gasteiger partial charge on any atom is 0.0972 e. The number of pyridine rings is 4. The van der Waals surface area contributed by atoms with Gasteiger partial charge in [0.2, 0.25) is 0 Å². The highest BCUT2D eigenvalue weighted by Gasteiger charge is 2.10. The first kappa shape index (κ1) is 20.7. The van der Waals surface area contributed by atoms with Crippen molar-refractivity contribution in [3.63, 3.8) is 0 Å². The summed E-state index contributed by atoms with van der Waals surface area (Å²) in [5, 5.41) is 4.38. The molecule has 4 aromatic heterocycles. The highest BCUT2D eigenvalue weighted by molar-refractivity contribution is 6.04. The molecule has 0 fully saturated rings. The van der Waals surface area contributed by atoms with Crippen LogP contribution in [0.25, 0.3) is 66.1 Å². The van der Waals surface area contributed by atoms with Crippen LogP contribution < -0.4 is 0 Å². The molecule has 0 aliphatic heterocycles. The van der Waals surface area contributed by atoms with E-state index >= 15 is 0 Å². The van der Waals surface area contributed by atoms with Crippen molar-refractivity contribution in [2.75, 3.05) is 0 Å². The van der Waals surface area contributed by atoms with E-state index in [0.717, 1.165) is 77.5 Å². The van der Waals surface area contributed by atoms with Gasteiger partial charge < -0.3 is 0 Å². The lowest BCUT2D eigenvalue weighted by atomic mass is 10.0. The van der Waals surface area contributed by atoms with Gasteiger partial charge in [0.05, 0.1) is 33.5 Å². The molecule has 7 aromatic rings. The van der Waals surface area contributed by atoms with Gasteiger partial charge in [0.1, 0.15) is 0 Å². The van der Waals surface area contributed by atoms with Crippen molar-refractivity contribution in [1.82, 2.24) is 19.9 Å². The number of rotatable bonds is 2. The van der Waals surface area contributed by atoms with Gasteiger partial charge in [-0.25, -0.2) is 9.97 Å². The minimum atomic E-state index is 0.920. The van der Waals surface area contributed by atoms with Crippen LogP contribution in [0.5, 0.6) is 0 Å². The topological polar surface area (TPSA) is 51.6 Å². The molecule has 3 aromatic carbocycles. The second-order valence-corrected chi connectivity index (χ2v) is 9.30. The summed E-state index contributed by atoms with van der Waals surface area (Å²) in [6.07, 6.45) is 0. The fourth-order valence-corrected chi connectivity index (χ4v) is 4.89. The maximum atomic E-state index is 5.06. The second-order valence-electron chi connectivity index (χ2n) is 9.30. The van der Waals surface area contributed by atoms with E-state index in [1.165, 1.54) is 0 Å². The first-order valence-electron chi connectivity index (χ1n) is 12.1. The summed E-state index contributed by atoms with van der Waals surface area (Å²) in [7, 11) is 0. The molecule has 36 heavy (non-hydrogen) atoms. The molecule has 170 valence electrons. The Morgan fingerprint density at radius 3 is 1.19 bits per heavy atom. The van der Waals surface area contributed by atoms with E-state index in [1.54, 1.807) is 0 Å². The SMILES string of the molecule is Cc1ccc2ccc3ccc(-c4cccc(-c5ccc6ccc7ccc(C)nc7c6n5)c4)nc3c2n1. The van der Waals surface area contributed by atoms with Gasteiger partial charge in [-0.2, -0.15) is 0 Å². The van der Waals surface area contributed by atoms with Gasteiger partial charge in [0, 0.05) is 44.1 Å². The Labute approximate surface area is 208 Å². The summed E-state index contributed by atoms with van der Waals surface area (Å²) < 4.78 is 0. The fourth-order valence-electron chi connectivity index (χ4n) is 4.89. The third kappa shape index (κ3) is 3.38. The van der Waals surface area contributed by atoms with Crippen LogP contribution in [0.4, 0.5) is 0 Å². The zero-order valence-electron chi connectivity index (χ0n) is 20.0. The van der Waals surface area contributed by atoms with E-state index in [0.29, 0.717) is 0 Å². The molecule has 0 saturated carbocycles. The van der Waals surface area contributed by atoms with Gasteiger partial charge in [-0.1, -0.05) is 66.7 Å². The zero-order chi connectivity index (χ0) is 24.2. The molecule has 0 amide bonds. The van der Waals surface area contributed by atoms with Crippen molar-refractivity contribution in [2.45, 2.75) is 13.8 Å². The average Bonchev–Trinajstić information content (AvgIpc) is 2.92. The molecular weight excluding hydrogens is 440 g/mol. The van der Waals surface area contributed by atoms with E-state index in [2.05, 4.69) is 84.9 Å². The standard InChI is InChI=1S/C32H22N4/c1-19-6-8-21-10-12-23-14-16-27(35-31(23)29(21)33-19)25-4-3-5-26(18-25)28-17-15-24-13-11-22-9-7-20(2)34-30(22)32(24)36-28/h3-18H,1-2H3. The Hall–Kier alpha value is -4.70. The molecule has 0 atom stereocenters. The minimum absolute atomic E-state index is 0.920. The van der Waals surface area contributed by atoms with Crippen LogP contribution in [0.15, 0.2) is 97.1 Å². The minimum Gasteiger partial charge on any atom is -0.251 e. The zero-order valence-corrected chi connectivity index (χ0v) is 20.0. The number of aryl methyl sites for hydroxylation is 2. The van der Waals surface area contributed by atoms with E-state index in [4.69, 9.17) is 19.9 Å². The Morgan fingerprint density at radius 2 is 0.750 bits per heavy atom. The van der Waals surface area contributed by atoms with Gasteiger partial charge in [-0.05, 0) is 44.2 Å². The smallest absolute Gasteiger partial charge is 0.0972 e. The molecule has 0 aliphatic carbocycles. The number of benzene rings is 3. The van der Waals surface area contributed by atoms with Crippen molar-refractivity contribution in [2.24, 2.45) is 0 Å². The van der Waals surface area contributed by atoms with Crippen LogP contribution in [-0.4, -0.2) is 19.9 Å². The quantitative estimate of drug-likeness (QED) is 0.246. The van der Waals surface area contributed by atoms with Crippen LogP contribution in [0.3, 0.4) is 0 Å². The molecule has 0 N–H and O–H groups in total. The molecule has 4 nitrogen and oxygen atoms in total. The van der Waals surface area contributed by atoms with E-state index < -0.39 is 0 Å². The molecule has 4 heterocycles. The van der Waals surface area contributed by atoms with Crippen molar-refractivity contribution >= 4 is 43.6 Å². The molecular formula is C32H22N4. The largest absolute Gasteiger partial charge is 0.251 e. The number of aromatic nitrogens is 4. The summed E-state index contributed by atoms with van der Waals surface area (Å²) in [6, 6.07) is 33.6. The predicted molar refractivity (Wildman–Crippen MR) is 148 cm³/mol. The second kappa shape index (κ2) is 7.92. The van der Waals surface area contributed by atoms with Gasteiger partial charge in [0.25, 0.3) is 0 Å². The molecule has 0 saturated heterocycles. The first-order valence-corrected chi connectivity index (χ1v) is 12.1. The van der Waals surface area contributed by atoms with Crippen LogP contribution in [0.2, 0.25) is 0 Å². The Balaban J connectivity index is 1.38. The predicted octanol–water partition coefficient (Wildman–Crippen LogP) is 7.83. The van der Waals surface area contributed by atoms with E-state index in [1.807, 2.05) is 26.0 Å². The highest BCUT2D eigenvalue weighted by atomic mass is 14.8. The monoisotopic (exact) mass is 462 g/mol. The summed E-state index contributed by atoms with van der Waals surface area (Å²) in [5.74, 6) is 0. The van der Waals surface area contributed by atoms with E-state index in [-0.39, 0.29) is 0 Å². The molecule has 0 spiro atoms. The lowest BCUT2D eigenvalue weighted by Crippen LogP contribution is -1.92. The van der Waals surface area contributed by atoms with Crippen molar-refractivity contribution in [1.29, 1.82) is 0 Å². The molecule has 0 aliphatic rings. The third-order valence-electron chi connectivity index (χ3n) is 6.77. The molecule has 7 rings (SSSR count). The van der Waals surface area contributed by atoms with Gasteiger partial charge in [-0.3, -0.25) is 9.97 Å². The van der Waals surface area contributed by atoms with Crippen LogP contribution >= 0.6 is 0 Å². The third-order valence-corrected chi connectivity index (χ3v) is 6.77. The lowest BCUT2D eigenvalue weighted by Gasteiger charge is -2.09. The Kier molecular flexibility index (Phi) is 4.55. The van der Waals surface area contributed by atoms with E-state index in [9.17, 15) is 0 Å². The summed E-state index contributed by atoms with van der Waals surface area (Å²) in [6.45, 7) is 4.03. The summed E-state index contributed by atoms with van der Waals surface area (Å²) in [4.78, 5) is 19.7. The van der Waals surface area contributed by atoms with Gasteiger partial charge in [-0.15, -0.1) is 0 Å². The van der Waals surface area contributed by atoms with Crippen molar-refractivity contribution in [3.05, 3.63) is 108 Å². The summed E-state index contributed by atoms with van der Waals surface area (Å²) in [5.41, 5.74) is 9.65. The Morgan fingerprint density at radius 1 is 0.389 bits per heavy atom. The lowest BCUT2D eigenvalue weighted by molar-refractivity contribution is 1.25. The molecule has 0 bridgehead atoms. The molecule has 0 unspecified atom stereocenters. The number of hydrogen-bond acceptors (Lipinski definition) is 4. The van der Waals surface area contributed by atoms with Gasteiger partial charge in [0.15, 0.2) is 0 Å². The summed E-state index contributed by atoms with van der Waals surface area (Å²) >= 11 is 0.